The van der Waals surface area contributed by atoms with Crippen LogP contribution in [0.2, 0.25) is 0 Å². The number of benzene rings is 1. The number of hydrogen-bond donors (Lipinski definition) is 1. The summed E-state index contributed by atoms with van der Waals surface area (Å²) in [4.78, 5) is 0.136. The van der Waals surface area contributed by atoms with E-state index >= 15 is 0 Å². The van der Waals surface area contributed by atoms with Gasteiger partial charge in [0.15, 0.2) is 9.84 Å². The molecule has 6 nitrogen and oxygen atoms in total. The number of nitrogen functional groups attached to an aromatic ring is 1. The van der Waals surface area contributed by atoms with E-state index in [1.807, 2.05) is 0 Å². The summed E-state index contributed by atoms with van der Waals surface area (Å²) in [7, 11) is -0.215. The van der Waals surface area contributed by atoms with Gasteiger partial charge in [0.1, 0.15) is 16.5 Å². The molecule has 2 aromatic rings. The van der Waals surface area contributed by atoms with Gasteiger partial charge in [-0.25, -0.2) is 8.42 Å². The Morgan fingerprint density at radius 1 is 1.32 bits per heavy atom. The molecule has 0 aliphatic rings. The van der Waals surface area contributed by atoms with Gasteiger partial charge in [0.25, 0.3) is 0 Å². The molecule has 102 valence electrons. The maximum absolute atomic E-state index is 11.7. The number of aromatic nitrogens is 2. The van der Waals surface area contributed by atoms with Crippen LogP contribution >= 0.6 is 0 Å². The van der Waals surface area contributed by atoms with Crippen LogP contribution < -0.4 is 10.5 Å². The zero-order chi connectivity index (χ0) is 14.2. The third kappa shape index (κ3) is 2.55. The normalized spacial score (nSPS) is 11.5. The summed E-state index contributed by atoms with van der Waals surface area (Å²) in [5, 5.41) is 4.22. The van der Waals surface area contributed by atoms with Crippen molar-refractivity contribution < 1.29 is 13.2 Å². The Morgan fingerprint density at radius 3 is 2.47 bits per heavy atom. The Bertz CT molecular complexity index is 700. The monoisotopic (exact) mass is 281 g/mol. The highest BCUT2D eigenvalue weighted by molar-refractivity contribution is 7.90. The van der Waals surface area contributed by atoms with Crippen LogP contribution in [0.3, 0.4) is 0 Å². The molecule has 0 unspecified atom stereocenters. The molecule has 0 aliphatic carbocycles. The lowest BCUT2D eigenvalue weighted by Gasteiger charge is -2.08. The fraction of sp³-hybridized carbons (Fsp3) is 0.250. The fourth-order valence-electron chi connectivity index (χ4n) is 1.75. The lowest BCUT2D eigenvalue weighted by atomic mass is 10.1. The highest BCUT2D eigenvalue weighted by Gasteiger charge is 2.16. The number of nitrogens with two attached hydrogens (primary N) is 1. The summed E-state index contributed by atoms with van der Waals surface area (Å²) in [5.41, 5.74) is 7.01. The molecule has 1 aromatic carbocycles. The van der Waals surface area contributed by atoms with E-state index in [-0.39, 0.29) is 4.90 Å². The topological polar surface area (TPSA) is 87.2 Å². The highest BCUT2D eigenvalue weighted by Crippen LogP contribution is 2.29. The molecule has 0 bridgehead atoms. The molecule has 0 aliphatic heterocycles. The summed E-state index contributed by atoms with van der Waals surface area (Å²) in [6.45, 7) is 0. The fourth-order valence-corrected chi connectivity index (χ4v) is 2.61. The van der Waals surface area contributed by atoms with Gasteiger partial charge in [0.2, 0.25) is 0 Å². The second kappa shape index (κ2) is 4.58. The van der Waals surface area contributed by atoms with E-state index in [0.29, 0.717) is 22.8 Å². The van der Waals surface area contributed by atoms with Crippen LogP contribution in [0.4, 0.5) is 5.82 Å². The Labute approximate surface area is 111 Å². The Balaban J connectivity index is 2.61. The first-order chi connectivity index (χ1) is 8.82. The number of nitrogens with zero attached hydrogens (tertiary/aromatic N) is 2. The van der Waals surface area contributed by atoms with Gasteiger partial charge in [0, 0.05) is 24.9 Å². The molecule has 0 saturated carbocycles. The van der Waals surface area contributed by atoms with Crippen molar-refractivity contribution in [2.75, 3.05) is 19.1 Å². The van der Waals surface area contributed by atoms with Crippen molar-refractivity contribution in [2.45, 2.75) is 4.90 Å². The summed E-state index contributed by atoms with van der Waals surface area (Å²) < 4.78 is 30.1. The van der Waals surface area contributed by atoms with E-state index in [0.717, 1.165) is 6.26 Å². The first-order valence-corrected chi connectivity index (χ1v) is 7.40. The van der Waals surface area contributed by atoms with Crippen LogP contribution in [0.15, 0.2) is 29.2 Å². The smallest absolute Gasteiger partial charge is 0.179 e. The Kier molecular flexibility index (Phi) is 3.23. The van der Waals surface area contributed by atoms with Gasteiger partial charge in [-0.1, -0.05) is 0 Å². The third-order valence-corrected chi connectivity index (χ3v) is 3.89. The van der Waals surface area contributed by atoms with Crippen LogP contribution in [-0.4, -0.2) is 31.6 Å². The number of rotatable bonds is 3. The number of ether oxygens (including phenoxy) is 1. The van der Waals surface area contributed by atoms with Crippen molar-refractivity contribution in [2.24, 2.45) is 7.05 Å². The molecule has 0 saturated heterocycles. The van der Waals surface area contributed by atoms with Gasteiger partial charge in [-0.15, -0.1) is 0 Å². The van der Waals surface area contributed by atoms with Crippen LogP contribution in [0.1, 0.15) is 0 Å². The molecule has 1 heterocycles. The van der Waals surface area contributed by atoms with E-state index in [4.69, 9.17) is 10.5 Å². The van der Waals surface area contributed by atoms with Crippen LogP contribution in [0, 0.1) is 0 Å². The van der Waals surface area contributed by atoms with Crippen molar-refractivity contribution in [1.82, 2.24) is 9.78 Å². The van der Waals surface area contributed by atoms with Crippen molar-refractivity contribution in [3.8, 4) is 17.0 Å². The SMILES string of the molecule is COc1ccc(-c2cc(N)n(C)n2)cc1S(C)(=O)=O. The van der Waals surface area contributed by atoms with Crippen LogP contribution in [0.25, 0.3) is 11.3 Å². The van der Waals surface area contributed by atoms with E-state index in [2.05, 4.69) is 5.10 Å². The van der Waals surface area contributed by atoms with Crippen molar-refractivity contribution >= 4 is 15.7 Å². The van der Waals surface area contributed by atoms with E-state index in [9.17, 15) is 8.42 Å². The van der Waals surface area contributed by atoms with Crippen molar-refractivity contribution in [1.29, 1.82) is 0 Å². The standard InChI is InChI=1S/C12H15N3O3S/c1-15-12(13)7-9(14-15)8-4-5-10(18-2)11(6-8)19(3,16)17/h4-7H,13H2,1-3H3. The van der Waals surface area contributed by atoms with Crippen molar-refractivity contribution in [3.63, 3.8) is 0 Å². The summed E-state index contributed by atoms with van der Waals surface area (Å²) in [5.74, 6) is 0.821. The van der Waals surface area contributed by atoms with Crippen molar-refractivity contribution in [3.05, 3.63) is 24.3 Å². The largest absolute Gasteiger partial charge is 0.495 e. The Hall–Kier alpha value is -2.02. The van der Waals surface area contributed by atoms with Gasteiger partial charge < -0.3 is 10.5 Å². The minimum Gasteiger partial charge on any atom is -0.495 e. The highest BCUT2D eigenvalue weighted by atomic mass is 32.2. The molecule has 2 rings (SSSR count). The lowest BCUT2D eigenvalue weighted by molar-refractivity contribution is 0.403. The number of anilines is 1. The summed E-state index contributed by atoms with van der Waals surface area (Å²) in [6.07, 6.45) is 1.14. The number of sulfone groups is 1. The molecule has 0 amide bonds. The average molecular weight is 281 g/mol. The maximum Gasteiger partial charge on any atom is 0.179 e. The van der Waals surface area contributed by atoms with E-state index in [1.54, 1.807) is 25.2 Å². The molecular weight excluding hydrogens is 266 g/mol. The van der Waals surface area contributed by atoms with E-state index in [1.165, 1.54) is 17.9 Å². The average Bonchev–Trinajstić information content (AvgIpc) is 2.68. The zero-order valence-corrected chi connectivity index (χ0v) is 11.7. The van der Waals surface area contributed by atoms with Gasteiger partial charge in [-0.05, 0) is 18.2 Å². The van der Waals surface area contributed by atoms with Gasteiger partial charge in [0.05, 0.1) is 12.8 Å². The summed E-state index contributed by atoms with van der Waals surface area (Å²) >= 11 is 0. The number of aryl methyl sites for hydroxylation is 1. The molecule has 0 atom stereocenters. The Morgan fingerprint density at radius 2 is 2.00 bits per heavy atom. The predicted molar refractivity (Wildman–Crippen MR) is 72.7 cm³/mol. The minimum atomic E-state index is -3.37. The second-order valence-electron chi connectivity index (χ2n) is 4.22. The molecule has 0 radical (unpaired) electrons. The first-order valence-electron chi connectivity index (χ1n) is 5.51. The number of hydrogen-bond acceptors (Lipinski definition) is 5. The predicted octanol–water partition coefficient (Wildman–Crippen LogP) is 1.08. The van der Waals surface area contributed by atoms with Gasteiger partial charge in [-0.3, -0.25) is 4.68 Å². The lowest BCUT2D eigenvalue weighted by Crippen LogP contribution is -2.01. The first kappa shape index (κ1) is 13.4. The minimum absolute atomic E-state index is 0.136. The molecule has 2 N–H and O–H groups in total. The molecular formula is C12H15N3O3S. The van der Waals surface area contributed by atoms with Crippen LogP contribution in [-0.2, 0) is 16.9 Å². The quantitative estimate of drug-likeness (QED) is 0.909. The maximum atomic E-state index is 11.7. The summed E-state index contributed by atoms with van der Waals surface area (Å²) in [6, 6.07) is 6.58. The second-order valence-corrected chi connectivity index (χ2v) is 6.20. The molecule has 1 aromatic heterocycles. The molecule has 19 heavy (non-hydrogen) atoms. The van der Waals surface area contributed by atoms with Crippen LogP contribution in [0.5, 0.6) is 5.75 Å². The van der Waals surface area contributed by atoms with Gasteiger partial charge in [-0.2, -0.15) is 5.10 Å². The van der Waals surface area contributed by atoms with E-state index < -0.39 is 9.84 Å². The molecule has 0 fully saturated rings. The molecule has 0 spiro atoms. The van der Waals surface area contributed by atoms with Gasteiger partial charge >= 0.3 is 0 Å². The number of methoxy groups -OCH3 is 1. The molecule has 7 heteroatoms. The zero-order valence-electron chi connectivity index (χ0n) is 10.9. The third-order valence-electron chi connectivity index (χ3n) is 2.77.